The number of carbonyl (C=O) groups is 1. The lowest BCUT2D eigenvalue weighted by Crippen LogP contribution is -2.60. The smallest absolute Gasteiger partial charge is 0.247 e. The highest BCUT2D eigenvalue weighted by Gasteiger charge is 2.44. The van der Waals surface area contributed by atoms with Gasteiger partial charge < -0.3 is 24.2 Å². The fourth-order valence-electron chi connectivity index (χ4n) is 3.28. The number of aliphatic hydroxyl groups is 1. The van der Waals surface area contributed by atoms with Crippen LogP contribution in [0, 0.1) is 5.82 Å². The van der Waals surface area contributed by atoms with Gasteiger partial charge in [-0.2, -0.15) is 0 Å². The molecule has 0 spiro atoms. The van der Waals surface area contributed by atoms with E-state index in [2.05, 4.69) is 0 Å². The first kappa shape index (κ1) is 22.1. The van der Waals surface area contributed by atoms with Gasteiger partial charge in [0, 0.05) is 13.2 Å². The molecule has 1 atom stereocenters. The van der Waals surface area contributed by atoms with Gasteiger partial charge in [-0.3, -0.25) is 4.79 Å². The first-order valence-electron chi connectivity index (χ1n) is 9.67. The second kappa shape index (κ2) is 10.4. The molecular formula is C23H26FNO5. The minimum absolute atomic E-state index is 0.0611. The zero-order chi connectivity index (χ0) is 21.4. The Morgan fingerprint density at radius 2 is 1.93 bits per heavy atom. The van der Waals surface area contributed by atoms with Crippen LogP contribution in [0.2, 0.25) is 0 Å². The van der Waals surface area contributed by atoms with Crippen molar-refractivity contribution in [3.8, 4) is 0 Å². The molecule has 160 valence electrons. The third kappa shape index (κ3) is 5.52. The number of hydrogen-bond acceptors (Lipinski definition) is 5. The van der Waals surface area contributed by atoms with E-state index in [0.29, 0.717) is 18.8 Å². The molecule has 0 bridgehead atoms. The number of hydrogen-bond donors (Lipinski definition) is 1. The van der Waals surface area contributed by atoms with Crippen molar-refractivity contribution in [2.45, 2.75) is 11.6 Å². The number of aliphatic hydroxyl groups excluding tert-OH is 1. The summed E-state index contributed by atoms with van der Waals surface area (Å²) in [4.78, 5) is 14.7. The van der Waals surface area contributed by atoms with Gasteiger partial charge in [-0.1, -0.05) is 42.5 Å². The third-order valence-corrected chi connectivity index (χ3v) is 4.98. The van der Waals surface area contributed by atoms with Gasteiger partial charge in [0.25, 0.3) is 0 Å². The lowest BCUT2D eigenvalue weighted by molar-refractivity contribution is -0.248. The standard InChI is InChI=1S/C23H26FNO5/c1-28-17-30-23(15-29-16-23)14-25(21(13-26)19-8-10-20(24)11-9-19)22(27)12-7-18-5-3-2-4-6-18/h2-12,21,26H,13-17H2,1H3/b12-7+. The quantitative estimate of drug-likeness (QED) is 0.477. The highest BCUT2D eigenvalue weighted by Crippen LogP contribution is 2.29. The summed E-state index contributed by atoms with van der Waals surface area (Å²) in [6.07, 6.45) is 3.18. The van der Waals surface area contributed by atoms with Crippen LogP contribution in [0.25, 0.3) is 6.08 Å². The van der Waals surface area contributed by atoms with Gasteiger partial charge in [-0.25, -0.2) is 4.39 Å². The molecule has 2 aromatic rings. The number of benzene rings is 2. The molecule has 1 aliphatic heterocycles. The maximum atomic E-state index is 13.4. The Balaban J connectivity index is 1.87. The van der Waals surface area contributed by atoms with Crippen molar-refractivity contribution in [2.24, 2.45) is 0 Å². The van der Waals surface area contributed by atoms with Crippen LogP contribution in [0.3, 0.4) is 0 Å². The van der Waals surface area contributed by atoms with Gasteiger partial charge in [-0.05, 0) is 29.3 Å². The van der Waals surface area contributed by atoms with Crippen molar-refractivity contribution in [1.29, 1.82) is 0 Å². The van der Waals surface area contributed by atoms with Crippen molar-refractivity contribution in [3.63, 3.8) is 0 Å². The molecule has 6 nitrogen and oxygen atoms in total. The predicted octanol–water partition coefficient (Wildman–Crippen LogP) is 2.79. The van der Waals surface area contributed by atoms with Crippen molar-refractivity contribution < 1.29 is 28.5 Å². The molecule has 0 saturated carbocycles. The molecule has 0 aromatic heterocycles. The van der Waals surface area contributed by atoms with Gasteiger partial charge in [0.15, 0.2) is 0 Å². The molecule has 3 rings (SSSR count). The number of methoxy groups -OCH3 is 1. The molecular weight excluding hydrogens is 389 g/mol. The third-order valence-electron chi connectivity index (χ3n) is 4.98. The molecule has 1 unspecified atom stereocenters. The average Bonchev–Trinajstić information content (AvgIpc) is 2.75. The number of amides is 1. The zero-order valence-electron chi connectivity index (χ0n) is 16.9. The first-order chi connectivity index (χ1) is 14.6. The minimum atomic E-state index is -0.723. The van der Waals surface area contributed by atoms with Crippen LogP contribution >= 0.6 is 0 Å². The Hall–Kier alpha value is -2.58. The number of halogens is 1. The molecule has 0 aliphatic carbocycles. The van der Waals surface area contributed by atoms with Crippen LogP contribution in [-0.2, 0) is 19.0 Å². The minimum Gasteiger partial charge on any atom is -0.394 e. The van der Waals surface area contributed by atoms with E-state index >= 15 is 0 Å². The molecule has 30 heavy (non-hydrogen) atoms. The normalized spacial score (nSPS) is 16.2. The zero-order valence-corrected chi connectivity index (χ0v) is 16.9. The van der Waals surface area contributed by atoms with Crippen LogP contribution < -0.4 is 0 Å². The number of rotatable bonds is 10. The SMILES string of the molecule is COCOC1(CN(C(=O)/C=C/c2ccccc2)C(CO)c2ccc(F)cc2)COC1. The van der Waals surface area contributed by atoms with Crippen LogP contribution in [0.1, 0.15) is 17.2 Å². The maximum absolute atomic E-state index is 13.4. The molecule has 0 radical (unpaired) electrons. The van der Waals surface area contributed by atoms with Crippen molar-refractivity contribution >= 4 is 12.0 Å². The average molecular weight is 415 g/mol. The number of carbonyl (C=O) groups excluding carboxylic acids is 1. The Labute approximate surface area is 175 Å². The Kier molecular flexibility index (Phi) is 7.70. The predicted molar refractivity (Wildman–Crippen MR) is 110 cm³/mol. The number of nitrogens with zero attached hydrogens (tertiary/aromatic N) is 1. The van der Waals surface area contributed by atoms with E-state index in [1.165, 1.54) is 30.2 Å². The van der Waals surface area contributed by atoms with E-state index in [1.54, 1.807) is 18.2 Å². The molecule has 1 N–H and O–H groups in total. The van der Waals surface area contributed by atoms with Crippen LogP contribution in [0.5, 0.6) is 0 Å². The second-order valence-electron chi connectivity index (χ2n) is 7.19. The van der Waals surface area contributed by atoms with E-state index < -0.39 is 11.6 Å². The van der Waals surface area contributed by atoms with Gasteiger partial charge in [0.1, 0.15) is 18.2 Å². The van der Waals surface area contributed by atoms with Gasteiger partial charge in [-0.15, -0.1) is 0 Å². The molecule has 1 fully saturated rings. The summed E-state index contributed by atoms with van der Waals surface area (Å²) in [5.74, 6) is -0.681. The second-order valence-corrected chi connectivity index (χ2v) is 7.19. The summed E-state index contributed by atoms with van der Waals surface area (Å²) in [7, 11) is 1.52. The Morgan fingerprint density at radius 1 is 1.23 bits per heavy atom. The summed E-state index contributed by atoms with van der Waals surface area (Å²) in [5.41, 5.74) is 0.785. The lowest BCUT2D eigenvalue weighted by atomic mass is 9.97. The number of ether oxygens (including phenoxy) is 3. The van der Waals surface area contributed by atoms with E-state index in [9.17, 15) is 14.3 Å². The van der Waals surface area contributed by atoms with Crippen molar-refractivity contribution in [1.82, 2.24) is 4.90 Å². The van der Waals surface area contributed by atoms with Gasteiger partial charge >= 0.3 is 0 Å². The summed E-state index contributed by atoms with van der Waals surface area (Å²) >= 11 is 0. The topological polar surface area (TPSA) is 68.2 Å². The van der Waals surface area contributed by atoms with Gasteiger partial charge in [0.2, 0.25) is 5.91 Å². The Bertz CT molecular complexity index is 836. The molecule has 1 heterocycles. The van der Waals surface area contributed by atoms with Crippen molar-refractivity contribution in [3.05, 3.63) is 77.6 Å². The largest absolute Gasteiger partial charge is 0.394 e. The van der Waals surface area contributed by atoms with Gasteiger partial charge in [0.05, 0.1) is 32.4 Å². The summed E-state index contributed by atoms with van der Waals surface area (Å²) in [6.45, 7) is 0.550. The monoisotopic (exact) mass is 415 g/mol. The van der Waals surface area contributed by atoms with E-state index in [-0.39, 0.29) is 31.7 Å². The highest BCUT2D eigenvalue weighted by molar-refractivity contribution is 5.92. The van der Waals surface area contributed by atoms with Crippen molar-refractivity contribution in [2.75, 3.05) is 40.3 Å². The summed E-state index contributed by atoms with van der Waals surface area (Å²) in [5, 5.41) is 10.1. The lowest BCUT2D eigenvalue weighted by Gasteiger charge is -2.45. The first-order valence-corrected chi connectivity index (χ1v) is 9.67. The fourth-order valence-corrected chi connectivity index (χ4v) is 3.28. The van der Waals surface area contributed by atoms with Crippen LogP contribution in [0.15, 0.2) is 60.7 Å². The fraction of sp³-hybridized carbons (Fsp3) is 0.348. The van der Waals surface area contributed by atoms with Crippen LogP contribution in [0.4, 0.5) is 4.39 Å². The molecule has 7 heteroatoms. The molecule has 1 saturated heterocycles. The highest BCUT2D eigenvalue weighted by atomic mass is 19.1. The summed E-state index contributed by atoms with van der Waals surface area (Å²) in [6, 6.07) is 14.5. The van der Waals surface area contributed by atoms with E-state index in [1.807, 2.05) is 30.3 Å². The molecule has 1 aliphatic rings. The van der Waals surface area contributed by atoms with Crippen LogP contribution in [-0.4, -0.2) is 61.8 Å². The van der Waals surface area contributed by atoms with E-state index in [0.717, 1.165) is 5.56 Å². The maximum Gasteiger partial charge on any atom is 0.247 e. The molecule has 2 aromatic carbocycles. The summed E-state index contributed by atoms with van der Waals surface area (Å²) < 4.78 is 29.5. The van der Waals surface area contributed by atoms with E-state index in [4.69, 9.17) is 14.2 Å². The molecule has 1 amide bonds. The Morgan fingerprint density at radius 3 is 2.50 bits per heavy atom.